The Hall–Kier alpha value is -3.91. The van der Waals surface area contributed by atoms with Gasteiger partial charge in [0.15, 0.2) is 0 Å². The van der Waals surface area contributed by atoms with E-state index in [2.05, 4.69) is 19.7 Å². The van der Waals surface area contributed by atoms with Gasteiger partial charge >= 0.3 is 0 Å². The Kier molecular flexibility index (Phi) is 8.42. The van der Waals surface area contributed by atoms with Gasteiger partial charge in [-0.05, 0) is 55.8 Å². The van der Waals surface area contributed by atoms with Crippen molar-refractivity contribution >= 4 is 33.7 Å². The molecule has 2 aromatic heterocycles. The summed E-state index contributed by atoms with van der Waals surface area (Å²) in [4.78, 5) is 26.6. The Bertz CT molecular complexity index is 1500. The van der Waals surface area contributed by atoms with Crippen LogP contribution in [0.3, 0.4) is 0 Å². The Morgan fingerprint density at radius 1 is 1.13 bits per heavy atom. The summed E-state index contributed by atoms with van der Waals surface area (Å²) in [7, 11) is 0. The molecule has 1 aliphatic heterocycles. The number of pyridine rings is 1. The lowest BCUT2D eigenvalue weighted by Gasteiger charge is -2.20. The number of fused-ring (bicyclic) bond motifs is 1. The molecule has 1 atom stereocenters. The van der Waals surface area contributed by atoms with Crippen molar-refractivity contribution in [1.29, 1.82) is 0 Å². The fraction of sp³-hybridized carbons (Fsp3) is 0.310. The lowest BCUT2D eigenvalue weighted by molar-refractivity contribution is -0.117. The zero-order chi connectivity index (χ0) is 27.2. The van der Waals surface area contributed by atoms with E-state index in [-0.39, 0.29) is 42.2 Å². The molecule has 39 heavy (non-hydrogen) atoms. The van der Waals surface area contributed by atoms with Gasteiger partial charge in [-0.25, -0.2) is 14.2 Å². The molecule has 4 aromatic rings. The van der Waals surface area contributed by atoms with Crippen LogP contribution in [-0.2, 0) is 17.6 Å². The number of carbonyl (C=O) groups excluding carboxylic acids is 1. The van der Waals surface area contributed by atoms with Crippen LogP contribution >= 0.6 is 11.3 Å². The molecule has 200 valence electrons. The Morgan fingerprint density at radius 2 is 1.97 bits per heavy atom. The van der Waals surface area contributed by atoms with E-state index in [1.807, 2.05) is 0 Å². The molecule has 2 aromatic carbocycles. The highest BCUT2D eigenvalue weighted by Crippen LogP contribution is 2.37. The summed E-state index contributed by atoms with van der Waals surface area (Å²) >= 11 is 1.39. The van der Waals surface area contributed by atoms with E-state index in [1.165, 1.54) is 23.5 Å². The van der Waals surface area contributed by atoms with Gasteiger partial charge in [0, 0.05) is 42.2 Å². The van der Waals surface area contributed by atoms with E-state index in [0.717, 1.165) is 25.9 Å². The smallest absolute Gasteiger partial charge is 0.229 e. The van der Waals surface area contributed by atoms with Crippen LogP contribution in [0.25, 0.3) is 15.7 Å². The number of thiazole rings is 1. The van der Waals surface area contributed by atoms with Gasteiger partial charge in [0.2, 0.25) is 5.69 Å². The normalized spacial score (nSPS) is 14.3. The van der Waals surface area contributed by atoms with Crippen molar-refractivity contribution < 1.29 is 23.8 Å². The second kappa shape index (κ2) is 12.3. The standard InChI is InChI=1S/C29H27FN4O4S/c1-31-26-15-23-25(16-28(26)37-18-21(36)17-34-9-2-3-10-34)32-7-6-27(23)38-22-5-4-19(24(30)14-22)12-20(35)13-29-33-8-11-39-29/h4-8,11,14-16,21,36H,2-3,9-10,12-13,17-18H2. The molecule has 0 bridgehead atoms. The number of aliphatic hydroxyl groups excluding tert-OH is 1. The summed E-state index contributed by atoms with van der Waals surface area (Å²) in [6, 6.07) is 9.30. The molecule has 0 aliphatic carbocycles. The van der Waals surface area contributed by atoms with E-state index < -0.39 is 11.9 Å². The number of Topliss-reactive ketones (excluding diaryl/α,β-unsaturated/α-hetero) is 1. The monoisotopic (exact) mass is 546 g/mol. The summed E-state index contributed by atoms with van der Waals surface area (Å²) in [5.41, 5.74) is 1.08. The maximum Gasteiger partial charge on any atom is 0.229 e. The summed E-state index contributed by atoms with van der Waals surface area (Å²) < 4.78 is 26.6. The van der Waals surface area contributed by atoms with Crippen LogP contribution in [0.5, 0.6) is 17.2 Å². The fourth-order valence-corrected chi connectivity index (χ4v) is 5.22. The summed E-state index contributed by atoms with van der Waals surface area (Å²) in [5, 5.41) is 13.4. The third kappa shape index (κ3) is 6.75. The Morgan fingerprint density at radius 3 is 2.72 bits per heavy atom. The first-order valence-corrected chi connectivity index (χ1v) is 13.6. The van der Waals surface area contributed by atoms with E-state index in [0.29, 0.717) is 34.0 Å². The molecule has 1 unspecified atom stereocenters. The number of likely N-dealkylation sites (tertiary alicyclic amines) is 1. The second-order valence-electron chi connectivity index (χ2n) is 9.40. The number of hydrogen-bond acceptors (Lipinski definition) is 8. The molecule has 1 aliphatic rings. The van der Waals surface area contributed by atoms with Crippen molar-refractivity contribution in [2.24, 2.45) is 0 Å². The van der Waals surface area contributed by atoms with Gasteiger partial charge in [-0.15, -0.1) is 11.3 Å². The number of carbonyl (C=O) groups is 1. The summed E-state index contributed by atoms with van der Waals surface area (Å²) in [6.45, 7) is 10.2. The van der Waals surface area contributed by atoms with E-state index in [1.54, 1.807) is 42.0 Å². The number of benzene rings is 2. The number of ketones is 1. The first kappa shape index (κ1) is 26.7. The minimum Gasteiger partial charge on any atom is -0.502 e. The third-order valence-corrected chi connectivity index (χ3v) is 7.25. The first-order valence-electron chi connectivity index (χ1n) is 12.7. The van der Waals surface area contributed by atoms with E-state index in [9.17, 15) is 14.3 Å². The van der Waals surface area contributed by atoms with Crippen molar-refractivity contribution in [3.63, 3.8) is 0 Å². The number of hydrogen-bond donors (Lipinski definition) is 1. The molecule has 5 rings (SSSR count). The predicted molar refractivity (Wildman–Crippen MR) is 146 cm³/mol. The van der Waals surface area contributed by atoms with Gasteiger partial charge in [-0.2, -0.15) is 0 Å². The minimum absolute atomic E-state index is 0.0340. The molecule has 0 saturated carbocycles. The molecule has 0 spiro atoms. The van der Waals surface area contributed by atoms with Crippen LogP contribution in [0.1, 0.15) is 23.4 Å². The number of ether oxygens (including phenoxy) is 2. The minimum atomic E-state index is -0.666. The SMILES string of the molecule is [C-]#[N+]c1cc2c(Oc3ccc(CC(=O)Cc4nccs4)c(F)c3)ccnc2cc1OCC(O)CN1CCCC1. The fourth-order valence-electron chi connectivity index (χ4n) is 4.58. The van der Waals surface area contributed by atoms with Crippen LogP contribution in [0, 0.1) is 12.4 Å². The average molecular weight is 547 g/mol. The number of halogens is 1. The number of aliphatic hydroxyl groups is 1. The van der Waals surface area contributed by atoms with Gasteiger partial charge in [-0.1, -0.05) is 6.07 Å². The molecule has 10 heteroatoms. The summed E-state index contributed by atoms with van der Waals surface area (Å²) in [6.07, 6.45) is 4.95. The molecular formula is C29H27FN4O4S. The van der Waals surface area contributed by atoms with Gasteiger partial charge in [0.05, 0.1) is 23.5 Å². The van der Waals surface area contributed by atoms with Crippen molar-refractivity contribution in [3.8, 4) is 17.2 Å². The molecule has 0 amide bonds. The molecule has 1 saturated heterocycles. The zero-order valence-corrected chi connectivity index (χ0v) is 22.0. The average Bonchev–Trinajstić information content (AvgIpc) is 3.63. The number of β-amino-alcohol motifs (C(OH)–C–C–N with tert-alkyl or cyclic N) is 1. The second-order valence-corrected chi connectivity index (χ2v) is 10.4. The first-order chi connectivity index (χ1) is 19.0. The molecular weight excluding hydrogens is 519 g/mol. The lowest BCUT2D eigenvalue weighted by Crippen LogP contribution is -2.33. The maximum absolute atomic E-state index is 14.8. The summed E-state index contributed by atoms with van der Waals surface area (Å²) in [5.74, 6) is 0.332. The van der Waals surface area contributed by atoms with Crippen molar-refractivity contribution in [1.82, 2.24) is 14.9 Å². The van der Waals surface area contributed by atoms with Gasteiger partial charge in [0.25, 0.3) is 0 Å². The highest BCUT2D eigenvalue weighted by atomic mass is 32.1. The van der Waals surface area contributed by atoms with Crippen molar-refractivity contribution in [2.45, 2.75) is 31.8 Å². The lowest BCUT2D eigenvalue weighted by atomic mass is 10.1. The number of nitrogens with zero attached hydrogens (tertiary/aromatic N) is 4. The Balaban J connectivity index is 1.28. The maximum atomic E-state index is 14.8. The molecule has 1 N–H and O–H groups in total. The van der Waals surface area contributed by atoms with Crippen LogP contribution in [0.4, 0.5) is 10.1 Å². The zero-order valence-electron chi connectivity index (χ0n) is 21.2. The van der Waals surface area contributed by atoms with Gasteiger partial charge < -0.3 is 19.5 Å². The van der Waals surface area contributed by atoms with Crippen molar-refractivity contribution in [2.75, 3.05) is 26.2 Å². The predicted octanol–water partition coefficient (Wildman–Crippen LogP) is 5.36. The molecule has 8 nitrogen and oxygen atoms in total. The van der Waals surface area contributed by atoms with Crippen LogP contribution < -0.4 is 9.47 Å². The van der Waals surface area contributed by atoms with Crippen LogP contribution in [0.15, 0.2) is 54.2 Å². The molecule has 0 radical (unpaired) electrons. The topological polar surface area (TPSA) is 89.1 Å². The van der Waals surface area contributed by atoms with Gasteiger partial charge in [0.1, 0.15) is 41.6 Å². The van der Waals surface area contributed by atoms with E-state index >= 15 is 0 Å². The molecule has 3 heterocycles. The van der Waals surface area contributed by atoms with Gasteiger partial charge in [-0.3, -0.25) is 9.78 Å². The third-order valence-electron chi connectivity index (χ3n) is 6.47. The largest absolute Gasteiger partial charge is 0.502 e. The van der Waals surface area contributed by atoms with Crippen LogP contribution in [-0.4, -0.2) is 58.1 Å². The number of aromatic nitrogens is 2. The Labute approximate surface area is 229 Å². The van der Waals surface area contributed by atoms with Crippen molar-refractivity contribution in [3.05, 3.63) is 82.0 Å². The molecule has 1 fully saturated rings. The quantitative estimate of drug-likeness (QED) is 0.253. The highest BCUT2D eigenvalue weighted by Gasteiger charge is 2.18. The highest BCUT2D eigenvalue weighted by molar-refractivity contribution is 7.09. The van der Waals surface area contributed by atoms with Crippen LogP contribution in [0.2, 0.25) is 0 Å². The number of rotatable bonds is 11. The van der Waals surface area contributed by atoms with E-state index in [4.69, 9.17) is 16.0 Å².